The Kier molecular flexibility index (Phi) is 5.38. The number of aromatic nitrogens is 1. The number of rotatable bonds is 6. The van der Waals surface area contributed by atoms with Crippen LogP contribution in [0.4, 0.5) is 0 Å². The molecule has 0 saturated carbocycles. The lowest BCUT2D eigenvalue weighted by Crippen LogP contribution is -2.41. The van der Waals surface area contributed by atoms with Gasteiger partial charge in [-0.3, -0.25) is 14.6 Å². The predicted octanol–water partition coefficient (Wildman–Crippen LogP) is 1.07. The van der Waals surface area contributed by atoms with Gasteiger partial charge in [0.1, 0.15) is 0 Å². The quantitative estimate of drug-likeness (QED) is 0.732. The smallest absolute Gasteiger partial charge is 0.254 e. The van der Waals surface area contributed by atoms with Crippen molar-refractivity contribution in [3.63, 3.8) is 0 Å². The molecule has 0 aromatic carbocycles. The fourth-order valence-electron chi connectivity index (χ4n) is 2.64. The SMILES string of the molecule is CCCCN(CC1CCCN1)C(=O)c1cc(O)[nH]c(=O)c1. The monoisotopic (exact) mass is 293 g/mol. The first kappa shape index (κ1) is 15.6. The molecular weight excluding hydrogens is 270 g/mol. The highest BCUT2D eigenvalue weighted by Crippen LogP contribution is 2.12. The molecule has 0 bridgehead atoms. The van der Waals surface area contributed by atoms with Gasteiger partial charge in [-0.2, -0.15) is 0 Å². The normalized spacial score (nSPS) is 17.9. The molecule has 3 N–H and O–H groups in total. The van der Waals surface area contributed by atoms with Gasteiger partial charge < -0.3 is 15.3 Å². The molecule has 6 heteroatoms. The minimum atomic E-state index is -0.465. The summed E-state index contributed by atoms with van der Waals surface area (Å²) in [5, 5.41) is 12.8. The van der Waals surface area contributed by atoms with Crippen molar-refractivity contribution in [2.75, 3.05) is 19.6 Å². The van der Waals surface area contributed by atoms with E-state index < -0.39 is 5.56 Å². The van der Waals surface area contributed by atoms with Crippen LogP contribution >= 0.6 is 0 Å². The van der Waals surface area contributed by atoms with Crippen molar-refractivity contribution < 1.29 is 9.90 Å². The number of aromatic amines is 1. The molecule has 1 aliphatic heterocycles. The summed E-state index contributed by atoms with van der Waals surface area (Å²) in [7, 11) is 0. The molecular formula is C15H23N3O3. The number of hydrogen-bond acceptors (Lipinski definition) is 4. The zero-order valence-electron chi connectivity index (χ0n) is 12.4. The van der Waals surface area contributed by atoms with Gasteiger partial charge in [0.25, 0.3) is 11.5 Å². The van der Waals surface area contributed by atoms with E-state index in [-0.39, 0.29) is 17.4 Å². The Hall–Kier alpha value is -1.82. The fraction of sp³-hybridized carbons (Fsp3) is 0.600. The van der Waals surface area contributed by atoms with Crippen LogP contribution in [0.15, 0.2) is 16.9 Å². The number of nitrogens with zero attached hydrogens (tertiary/aromatic N) is 1. The molecule has 6 nitrogen and oxygen atoms in total. The van der Waals surface area contributed by atoms with Crippen LogP contribution in [-0.2, 0) is 0 Å². The van der Waals surface area contributed by atoms with Crippen molar-refractivity contribution in [1.29, 1.82) is 0 Å². The molecule has 1 amide bonds. The van der Waals surface area contributed by atoms with Gasteiger partial charge in [0.05, 0.1) is 5.56 Å². The molecule has 1 aromatic heterocycles. The molecule has 1 atom stereocenters. The van der Waals surface area contributed by atoms with E-state index in [4.69, 9.17) is 0 Å². The number of nitrogens with one attached hydrogen (secondary N) is 2. The molecule has 116 valence electrons. The Balaban J connectivity index is 2.13. The topological polar surface area (TPSA) is 85.4 Å². The number of carbonyl (C=O) groups is 1. The van der Waals surface area contributed by atoms with Gasteiger partial charge in [-0.05, 0) is 25.8 Å². The van der Waals surface area contributed by atoms with Crippen LogP contribution < -0.4 is 10.9 Å². The van der Waals surface area contributed by atoms with Crippen LogP contribution in [0.5, 0.6) is 5.88 Å². The van der Waals surface area contributed by atoms with Crippen molar-refractivity contribution in [3.05, 3.63) is 28.0 Å². The molecule has 2 heterocycles. The summed E-state index contributed by atoms with van der Waals surface area (Å²) in [5.41, 5.74) is -0.224. The van der Waals surface area contributed by atoms with Crippen LogP contribution in [-0.4, -0.2) is 46.6 Å². The standard InChI is InChI=1S/C15H23N3O3/c1-2-3-7-18(10-12-5-4-6-16-12)15(21)11-8-13(19)17-14(20)9-11/h8-9,12,16H,2-7,10H2,1H3,(H2,17,19,20). The Morgan fingerprint density at radius 1 is 1.48 bits per heavy atom. The van der Waals surface area contributed by atoms with Gasteiger partial charge >= 0.3 is 0 Å². The van der Waals surface area contributed by atoms with Crippen molar-refractivity contribution in [2.45, 2.75) is 38.6 Å². The van der Waals surface area contributed by atoms with E-state index in [2.05, 4.69) is 17.2 Å². The molecule has 0 aliphatic carbocycles. The Morgan fingerprint density at radius 3 is 2.90 bits per heavy atom. The van der Waals surface area contributed by atoms with Gasteiger partial charge in [0.2, 0.25) is 0 Å². The molecule has 1 saturated heterocycles. The Labute approximate surface area is 124 Å². The highest BCUT2D eigenvalue weighted by molar-refractivity contribution is 5.94. The van der Waals surface area contributed by atoms with Crippen LogP contribution in [0.3, 0.4) is 0 Å². The summed E-state index contributed by atoms with van der Waals surface area (Å²) in [6, 6.07) is 2.87. The van der Waals surface area contributed by atoms with E-state index in [9.17, 15) is 14.7 Å². The first-order chi connectivity index (χ1) is 10.1. The summed E-state index contributed by atoms with van der Waals surface area (Å²) < 4.78 is 0. The fourth-order valence-corrected chi connectivity index (χ4v) is 2.64. The number of hydrogen-bond donors (Lipinski definition) is 3. The second kappa shape index (κ2) is 7.26. The third-order valence-corrected chi connectivity index (χ3v) is 3.75. The lowest BCUT2D eigenvalue weighted by Gasteiger charge is -2.26. The highest BCUT2D eigenvalue weighted by atomic mass is 16.3. The largest absolute Gasteiger partial charge is 0.494 e. The number of pyridine rings is 1. The van der Waals surface area contributed by atoms with Crippen LogP contribution in [0.1, 0.15) is 43.0 Å². The van der Waals surface area contributed by atoms with Gasteiger partial charge in [-0.1, -0.05) is 13.3 Å². The van der Waals surface area contributed by atoms with Gasteiger partial charge in [-0.25, -0.2) is 0 Å². The van der Waals surface area contributed by atoms with E-state index >= 15 is 0 Å². The minimum Gasteiger partial charge on any atom is -0.494 e. The number of H-pyrrole nitrogens is 1. The zero-order valence-corrected chi connectivity index (χ0v) is 12.4. The van der Waals surface area contributed by atoms with Crippen molar-refractivity contribution in [3.8, 4) is 5.88 Å². The molecule has 0 spiro atoms. The average Bonchev–Trinajstić information content (AvgIpc) is 2.94. The summed E-state index contributed by atoms with van der Waals surface area (Å²) in [4.78, 5) is 28.0. The Morgan fingerprint density at radius 2 is 2.29 bits per heavy atom. The van der Waals surface area contributed by atoms with E-state index in [1.165, 1.54) is 12.1 Å². The van der Waals surface area contributed by atoms with Gasteiger partial charge in [0.15, 0.2) is 5.88 Å². The third-order valence-electron chi connectivity index (χ3n) is 3.75. The predicted molar refractivity (Wildman–Crippen MR) is 80.6 cm³/mol. The lowest BCUT2D eigenvalue weighted by molar-refractivity contribution is 0.0738. The molecule has 21 heavy (non-hydrogen) atoms. The molecule has 1 unspecified atom stereocenters. The van der Waals surface area contributed by atoms with E-state index in [0.717, 1.165) is 32.2 Å². The maximum Gasteiger partial charge on any atom is 0.254 e. The van der Waals surface area contributed by atoms with E-state index in [1.807, 2.05) is 0 Å². The molecule has 1 aromatic rings. The number of carbonyl (C=O) groups excluding carboxylic acids is 1. The summed E-state index contributed by atoms with van der Waals surface area (Å²) in [6.45, 7) is 4.38. The number of amides is 1. The Bertz CT molecular complexity index is 535. The van der Waals surface area contributed by atoms with Crippen LogP contribution in [0.25, 0.3) is 0 Å². The van der Waals surface area contributed by atoms with Gasteiger partial charge in [-0.15, -0.1) is 0 Å². The number of unbranched alkanes of at least 4 members (excludes halogenated alkanes) is 1. The van der Waals surface area contributed by atoms with E-state index in [1.54, 1.807) is 4.90 Å². The second-order valence-electron chi connectivity index (χ2n) is 5.52. The summed E-state index contributed by atoms with van der Waals surface area (Å²) in [5.74, 6) is -0.473. The molecule has 1 aliphatic rings. The summed E-state index contributed by atoms with van der Waals surface area (Å²) >= 11 is 0. The first-order valence-electron chi connectivity index (χ1n) is 7.56. The average molecular weight is 293 g/mol. The molecule has 1 fully saturated rings. The van der Waals surface area contributed by atoms with E-state index in [0.29, 0.717) is 19.1 Å². The highest BCUT2D eigenvalue weighted by Gasteiger charge is 2.22. The zero-order chi connectivity index (χ0) is 15.2. The number of aromatic hydroxyl groups is 1. The van der Waals surface area contributed by atoms with Gasteiger partial charge in [0, 0.05) is 31.3 Å². The first-order valence-corrected chi connectivity index (χ1v) is 7.56. The maximum absolute atomic E-state index is 12.6. The summed E-state index contributed by atoms with van der Waals surface area (Å²) in [6.07, 6.45) is 4.12. The second-order valence-corrected chi connectivity index (χ2v) is 5.52. The molecule has 2 rings (SSSR count). The van der Waals surface area contributed by atoms with Crippen LogP contribution in [0, 0.1) is 0 Å². The van der Waals surface area contributed by atoms with Crippen LogP contribution in [0.2, 0.25) is 0 Å². The molecule has 0 radical (unpaired) electrons. The lowest BCUT2D eigenvalue weighted by atomic mass is 10.1. The minimum absolute atomic E-state index is 0.196. The van der Waals surface area contributed by atoms with Crippen molar-refractivity contribution in [1.82, 2.24) is 15.2 Å². The maximum atomic E-state index is 12.6. The third kappa shape index (κ3) is 4.32. The van der Waals surface area contributed by atoms with Crippen molar-refractivity contribution in [2.24, 2.45) is 0 Å². The van der Waals surface area contributed by atoms with Crippen molar-refractivity contribution >= 4 is 5.91 Å².